The van der Waals surface area contributed by atoms with Crippen molar-refractivity contribution in [2.45, 2.75) is 0 Å². The largest absolute Gasteiger partial charge is 0.361 e. The molecule has 0 unspecified atom stereocenters. The standard InChI is InChI=1S/3C8H7N.3ClH/c3*1-2-4-8-7(3-1)5-6-9-8;;;/h3*1-6,9H;3*1H. The molecule has 6 heteroatoms. The van der Waals surface area contributed by atoms with Gasteiger partial charge in [-0.1, -0.05) is 54.6 Å². The number of H-pyrrole nitrogens is 3. The molecule has 0 aliphatic rings. The molecule has 0 bridgehead atoms. The average Bonchev–Trinajstić information content (AvgIpc) is 3.48. The molecule has 6 rings (SSSR count). The van der Waals surface area contributed by atoms with E-state index in [1.54, 1.807) is 0 Å². The lowest BCUT2D eigenvalue weighted by Gasteiger charge is -1.83. The predicted octanol–water partition coefficient (Wildman–Crippen LogP) is 7.77. The van der Waals surface area contributed by atoms with E-state index in [-0.39, 0.29) is 37.2 Å². The number of nitrogens with one attached hydrogen (secondary N) is 3. The highest BCUT2D eigenvalue weighted by atomic mass is 35.5. The first-order valence-corrected chi connectivity index (χ1v) is 8.96. The van der Waals surface area contributed by atoms with Crippen LogP contribution in [-0.2, 0) is 0 Å². The van der Waals surface area contributed by atoms with Crippen molar-refractivity contribution in [3.8, 4) is 0 Å². The number of fused-ring (bicyclic) bond motifs is 3. The summed E-state index contributed by atoms with van der Waals surface area (Å²) in [5.41, 5.74) is 3.62. The lowest BCUT2D eigenvalue weighted by Crippen LogP contribution is -1.61. The second kappa shape index (κ2) is 12.7. The number of aromatic nitrogens is 3. The Kier molecular flexibility index (Phi) is 10.6. The first-order valence-electron chi connectivity index (χ1n) is 8.96. The van der Waals surface area contributed by atoms with E-state index in [9.17, 15) is 0 Å². The second-order valence-corrected chi connectivity index (χ2v) is 6.19. The van der Waals surface area contributed by atoms with Gasteiger partial charge in [0.1, 0.15) is 0 Å². The van der Waals surface area contributed by atoms with Gasteiger partial charge < -0.3 is 15.0 Å². The van der Waals surface area contributed by atoms with Gasteiger partial charge in [-0.2, -0.15) is 0 Å². The van der Waals surface area contributed by atoms with Crippen LogP contribution in [0.2, 0.25) is 0 Å². The summed E-state index contributed by atoms with van der Waals surface area (Å²) in [5.74, 6) is 0. The van der Waals surface area contributed by atoms with Crippen molar-refractivity contribution in [2.75, 3.05) is 0 Å². The number of rotatable bonds is 0. The minimum absolute atomic E-state index is 0. The molecule has 0 aliphatic carbocycles. The van der Waals surface area contributed by atoms with Crippen LogP contribution in [0.3, 0.4) is 0 Å². The molecule has 0 saturated heterocycles. The highest BCUT2D eigenvalue weighted by Gasteiger charge is 1.88. The molecule has 3 nitrogen and oxygen atoms in total. The maximum absolute atomic E-state index is 3.12. The molecular weight excluding hydrogens is 437 g/mol. The van der Waals surface area contributed by atoms with Crippen molar-refractivity contribution in [3.05, 3.63) is 110 Å². The Morgan fingerprint density at radius 1 is 0.333 bits per heavy atom. The topological polar surface area (TPSA) is 47.4 Å². The summed E-state index contributed by atoms with van der Waals surface area (Å²) in [4.78, 5) is 9.36. The molecule has 0 atom stereocenters. The summed E-state index contributed by atoms with van der Waals surface area (Å²) in [5, 5.41) is 3.83. The van der Waals surface area contributed by atoms with E-state index in [1.807, 2.05) is 55.0 Å². The van der Waals surface area contributed by atoms with Gasteiger partial charge >= 0.3 is 0 Å². The second-order valence-electron chi connectivity index (χ2n) is 6.19. The first-order chi connectivity index (χ1) is 13.4. The molecule has 156 valence electrons. The summed E-state index contributed by atoms with van der Waals surface area (Å²) < 4.78 is 0. The zero-order valence-corrected chi connectivity index (χ0v) is 18.6. The minimum Gasteiger partial charge on any atom is -0.361 e. The normalized spacial score (nSPS) is 9.20. The molecule has 6 aromatic rings. The Bertz CT molecular complexity index is 1010. The van der Waals surface area contributed by atoms with Gasteiger partial charge in [-0.25, -0.2) is 0 Å². The number of para-hydroxylation sites is 3. The fraction of sp³-hybridized carbons (Fsp3) is 0. The van der Waals surface area contributed by atoms with E-state index in [0.717, 1.165) is 0 Å². The van der Waals surface area contributed by atoms with Crippen molar-refractivity contribution in [1.29, 1.82) is 0 Å². The van der Waals surface area contributed by atoms with Gasteiger partial charge in [0, 0.05) is 35.1 Å². The van der Waals surface area contributed by atoms with Crippen LogP contribution in [0.25, 0.3) is 32.7 Å². The van der Waals surface area contributed by atoms with Crippen LogP contribution in [0.15, 0.2) is 110 Å². The van der Waals surface area contributed by atoms with E-state index in [4.69, 9.17) is 0 Å². The van der Waals surface area contributed by atoms with Crippen LogP contribution in [0.4, 0.5) is 0 Å². The fourth-order valence-electron chi connectivity index (χ4n) is 2.99. The molecule has 0 aliphatic heterocycles. The fourth-order valence-corrected chi connectivity index (χ4v) is 2.99. The monoisotopic (exact) mass is 459 g/mol. The Morgan fingerprint density at radius 2 is 0.600 bits per heavy atom. The lowest BCUT2D eigenvalue weighted by molar-refractivity contribution is 1.48. The molecule has 3 heterocycles. The summed E-state index contributed by atoms with van der Waals surface area (Å²) >= 11 is 0. The Labute approximate surface area is 194 Å². The van der Waals surface area contributed by atoms with Crippen LogP contribution in [0.5, 0.6) is 0 Å². The first kappa shape index (κ1) is 25.2. The highest BCUT2D eigenvalue weighted by molar-refractivity contribution is 5.86. The third kappa shape index (κ3) is 6.33. The number of hydrogen-bond acceptors (Lipinski definition) is 0. The van der Waals surface area contributed by atoms with Crippen molar-refractivity contribution < 1.29 is 0 Å². The molecule has 3 N–H and O–H groups in total. The van der Waals surface area contributed by atoms with Crippen LogP contribution in [0, 0.1) is 0 Å². The third-order valence-electron chi connectivity index (χ3n) is 4.39. The number of hydrogen-bond donors (Lipinski definition) is 3. The van der Waals surface area contributed by atoms with Gasteiger partial charge in [-0.15, -0.1) is 37.2 Å². The van der Waals surface area contributed by atoms with Gasteiger partial charge in [0.2, 0.25) is 0 Å². The van der Waals surface area contributed by atoms with Gasteiger partial charge in [-0.3, -0.25) is 0 Å². The SMILES string of the molecule is Cl.Cl.Cl.c1ccc2[nH]ccc2c1.c1ccc2[nH]ccc2c1.c1ccc2[nH]ccc2c1. The molecule has 0 saturated carbocycles. The Morgan fingerprint density at radius 3 is 0.867 bits per heavy atom. The van der Waals surface area contributed by atoms with Crippen LogP contribution < -0.4 is 0 Å². The number of benzene rings is 3. The van der Waals surface area contributed by atoms with E-state index in [0.29, 0.717) is 0 Å². The Balaban J connectivity index is 0.000000214. The number of halogens is 3. The minimum atomic E-state index is 0. The summed E-state index contributed by atoms with van der Waals surface area (Å²) in [6.07, 6.45) is 5.85. The predicted molar refractivity (Wildman–Crippen MR) is 137 cm³/mol. The Hall–Kier alpha value is -2.85. The van der Waals surface area contributed by atoms with Crippen molar-refractivity contribution in [1.82, 2.24) is 15.0 Å². The van der Waals surface area contributed by atoms with Crippen LogP contribution >= 0.6 is 37.2 Å². The van der Waals surface area contributed by atoms with E-state index >= 15 is 0 Å². The van der Waals surface area contributed by atoms with Crippen molar-refractivity contribution in [2.24, 2.45) is 0 Å². The molecule has 0 spiro atoms. The smallest absolute Gasteiger partial charge is 0.0453 e. The highest BCUT2D eigenvalue weighted by Crippen LogP contribution is 2.10. The summed E-state index contributed by atoms with van der Waals surface area (Å²) in [6, 6.07) is 30.8. The van der Waals surface area contributed by atoms with Gasteiger partial charge in [0.05, 0.1) is 0 Å². The molecule has 30 heavy (non-hydrogen) atoms. The molecule has 0 fully saturated rings. The maximum atomic E-state index is 3.12. The maximum Gasteiger partial charge on any atom is 0.0453 e. The van der Waals surface area contributed by atoms with Crippen LogP contribution in [0.1, 0.15) is 0 Å². The summed E-state index contributed by atoms with van der Waals surface area (Å²) in [6.45, 7) is 0. The van der Waals surface area contributed by atoms with E-state index in [1.165, 1.54) is 32.7 Å². The molecule has 0 radical (unpaired) electrons. The van der Waals surface area contributed by atoms with Gasteiger partial charge in [0.25, 0.3) is 0 Å². The average molecular weight is 461 g/mol. The van der Waals surface area contributed by atoms with Gasteiger partial charge in [-0.05, 0) is 52.6 Å². The zero-order chi connectivity index (χ0) is 18.3. The van der Waals surface area contributed by atoms with Gasteiger partial charge in [0.15, 0.2) is 0 Å². The van der Waals surface area contributed by atoms with Crippen molar-refractivity contribution in [3.63, 3.8) is 0 Å². The molecular formula is C24H24Cl3N3. The third-order valence-corrected chi connectivity index (χ3v) is 4.39. The summed E-state index contributed by atoms with van der Waals surface area (Å²) in [7, 11) is 0. The van der Waals surface area contributed by atoms with E-state index in [2.05, 4.69) is 69.5 Å². The zero-order valence-electron chi connectivity index (χ0n) is 16.1. The molecule has 0 amide bonds. The van der Waals surface area contributed by atoms with Crippen molar-refractivity contribution >= 4 is 69.9 Å². The quantitative estimate of drug-likeness (QED) is 0.207. The lowest BCUT2D eigenvalue weighted by atomic mass is 10.3. The molecule has 3 aromatic heterocycles. The number of aromatic amines is 3. The van der Waals surface area contributed by atoms with E-state index < -0.39 is 0 Å². The van der Waals surface area contributed by atoms with Crippen LogP contribution in [-0.4, -0.2) is 15.0 Å². The molecule has 3 aromatic carbocycles.